The second-order valence-electron chi connectivity index (χ2n) is 8.23. The third kappa shape index (κ3) is 3.80. The summed E-state index contributed by atoms with van der Waals surface area (Å²) in [4.78, 5) is 27.7. The van der Waals surface area contributed by atoms with Crippen molar-refractivity contribution < 1.29 is 23.5 Å². The summed E-state index contributed by atoms with van der Waals surface area (Å²) < 4.78 is 17.4. The summed E-state index contributed by atoms with van der Waals surface area (Å²) >= 11 is 1.13. The Balaban J connectivity index is 1.33. The zero-order valence-corrected chi connectivity index (χ0v) is 19.1. The van der Waals surface area contributed by atoms with E-state index in [1.807, 2.05) is 42.5 Å². The molecule has 170 valence electrons. The molecule has 0 aliphatic carbocycles. The monoisotopic (exact) mass is 466 g/mol. The van der Waals surface area contributed by atoms with Gasteiger partial charge in [-0.15, -0.1) is 10.2 Å². The van der Waals surface area contributed by atoms with Gasteiger partial charge in [0.05, 0.1) is 16.6 Å². The zero-order chi connectivity index (χ0) is 23.2. The Labute approximate surface area is 194 Å². The number of carbonyl (C=O) groups excluding carboxylic acids is 2. The molecule has 2 atom stereocenters. The Morgan fingerprint density at radius 3 is 2.70 bits per heavy atom. The number of hydrogen-bond acceptors (Lipinski definition) is 8. The Bertz CT molecular complexity index is 1230. The van der Waals surface area contributed by atoms with Gasteiger partial charge in [-0.2, -0.15) is 0 Å². The molecule has 0 saturated heterocycles. The highest BCUT2D eigenvalue weighted by molar-refractivity contribution is 8.00. The Morgan fingerprint density at radius 2 is 1.88 bits per heavy atom. The van der Waals surface area contributed by atoms with Crippen LogP contribution < -0.4 is 19.7 Å². The van der Waals surface area contributed by atoms with E-state index in [1.54, 1.807) is 26.8 Å². The summed E-state index contributed by atoms with van der Waals surface area (Å²) in [5.41, 5.74) is 0.195. The quantitative estimate of drug-likeness (QED) is 0.578. The second kappa shape index (κ2) is 8.11. The smallest absolute Gasteiger partial charge is 0.277 e. The van der Waals surface area contributed by atoms with Crippen LogP contribution in [0.5, 0.6) is 11.5 Å². The van der Waals surface area contributed by atoms with Gasteiger partial charge in [-0.3, -0.25) is 14.5 Å². The molecular weight excluding hydrogens is 444 g/mol. The van der Waals surface area contributed by atoms with E-state index in [9.17, 15) is 9.59 Å². The third-order valence-electron chi connectivity index (χ3n) is 5.56. The van der Waals surface area contributed by atoms with Gasteiger partial charge in [0.2, 0.25) is 17.9 Å². The number of amides is 2. The van der Waals surface area contributed by atoms with Gasteiger partial charge in [0, 0.05) is 0 Å². The van der Waals surface area contributed by atoms with Gasteiger partial charge < -0.3 is 19.2 Å². The molecular formula is C23H22N4O5S. The topological polar surface area (TPSA) is 107 Å². The molecule has 2 aliphatic heterocycles. The van der Waals surface area contributed by atoms with Crippen LogP contribution in [0.15, 0.2) is 58.2 Å². The molecule has 0 spiro atoms. The molecule has 2 amide bonds. The average molecular weight is 467 g/mol. The highest BCUT2D eigenvalue weighted by atomic mass is 32.2. The summed E-state index contributed by atoms with van der Waals surface area (Å²) in [6.07, 6.45) is -0.538. The average Bonchev–Trinajstić information content (AvgIpc) is 3.27. The maximum atomic E-state index is 13.5. The van der Waals surface area contributed by atoms with Crippen LogP contribution in [-0.2, 0) is 9.59 Å². The van der Waals surface area contributed by atoms with Crippen LogP contribution in [0, 0.1) is 0 Å². The highest BCUT2D eigenvalue weighted by Crippen LogP contribution is 2.39. The number of hydrogen-bond donors (Lipinski definition) is 1. The minimum absolute atomic E-state index is 0.237. The minimum atomic E-state index is -1.05. The first-order valence-corrected chi connectivity index (χ1v) is 11.4. The van der Waals surface area contributed by atoms with Crippen molar-refractivity contribution in [3.8, 4) is 11.5 Å². The van der Waals surface area contributed by atoms with E-state index in [1.165, 1.54) is 4.90 Å². The molecule has 1 N–H and O–H groups in total. The van der Waals surface area contributed by atoms with Crippen molar-refractivity contribution in [2.45, 2.75) is 42.9 Å². The lowest BCUT2D eigenvalue weighted by Gasteiger charge is -2.42. The van der Waals surface area contributed by atoms with Crippen molar-refractivity contribution in [1.29, 1.82) is 0 Å². The van der Waals surface area contributed by atoms with Gasteiger partial charge in [-0.25, -0.2) is 0 Å². The third-order valence-corrected chi connectivity index (χ3v) is 6.48. The molecule has 3 aromatic rings. The first-order chi connectivity index (χ1) is 15.8. The lowest BCUT2D eigenvalue weighted by Crippen LogP contribution is -2.60. The molecule has 2 aromatic carbocycles. The number of ether oxygens (including phenoxy) is 2. The fraction of sp³-hybridized carbons (Fsp3) is 0.304. The van der Waals surface area contributed by atoms with Crippen molar-refractivity contribution in [3.05, 3.63) is 54.4 Å². The second-order valence-corrected chi connectivity index (χ2v) is 9.53. The molecule has 0 bridgehead atoms. The molecule has 0 fully saturated rings. The first-order valence-electron chi connectivity index (χ1n) is 10.5. The predicted octanol–water partition coefficient (Wildman–Crippen LogP) is 3.83. The number of anilines is 2. The van der Waals surface area contributed by atoms with Crippen molar-refractivity contribution in [3.63, 3.8) is 0 Å². The Kier molecular flexibility index (Phi) is 5.24. The van der Waals surface area contributed by atoms with Crippen LogP contribution in [0.3, 0.4) is 0 Å². The van der Waals surface area contributed by atoms with E-state index >= 15 is 0 Å². The number of fused-ring (bicyclic) bond motifs is 2. The summed E-state index contributed by atoms with van der Waals surface area (Å²) in [7, 11) is 0. The number of nitrogens with zero attached hydrogens (tertiary/aromatic N) is 3. The number of benzene rings is 2. The van der Waals surface area contributed by atoms with Crippen LogP contribution in [0.25, 0.3) is 0 Å². The normalized spacial score (nSPS) is 19.4. The summed E-state index contributed by atoms with van der Waals surface area (Å²) in [5.74, 6) is 1.05. The summed E-state index contributed by atoms with van der Waals surface area (Å²) in [5, 5.41) is 10.7. The van der Waals surface area contributed by atoms with E-state index in [4.69, 9.17) is 13.9 Å². The van der Waals surface area contributed by atoms with Gasteiger partial charge in [0.25, 0.3) is 11.1 Å². The van der Waals surface area contributed by atoms with E-state index in [-0.39, 0.29) is 29.5 Å². The predicted molar refractivity (Wildman–Crippen MR) is 122 cm³/mol. The molecule has 0 saturated carbocycles. The van der Waals surface area contributed by atoms with E-state index in [0.717, 1.165) is 11.8 Å². The zero-order valence-electron chi connectivity index (χ0n) is 18.3. The summed E-state index contributed by atoms with van der Waals surface area (Å²) in [6, 6.07) is 14.6. The number of para-hydroxylation sites is 4. The van der Waals surface area contributed by atoms with Crippen LogP contribution in [-0.4, -0.2) is 39.4 Å². The number of rotatable bonds is 4. The maximum Gasteiger partial charge on any atom is 0.277 e. The van der Waals surface area contributed by atoms with Crippen LogP contribution in [0.4, 0.5) is 11.4 Å². The largest absolute Gasteiger partial charge is 0.485 e. The SMILES string of the molecule is C[C@@H](Sc1nnc([C@@H]2COc3ccccc3O2)o1)C(=O)N1c2ccccc2NC(=O)C1(C)C. The molecule has 3 heterocycles. The van der Waals surface area contributed by atoms with Crippen LogP contribution >= 0.6 is 11.8 Å². The summed E-state index contributed by atoms with van der Waals surface area (Å²) in [6.45, 7) is 5.43. The number of thioether (sulfide) groups is 1. The molecule has 10 heteroatoms. The van der Waals surface area contributed by atoms with Crippen LogP contribution in [0.2, 0.25) is 0 Å². The standard InChI is InChI=1S/C23H22N4O5S/c1-13(20(28)27-15-9-5-4-8-14(15)24-21(29)23(27,2)3)33-22-26-25-19(32-22)18-12-30-16-10-6-7-11-17(16)31-18/h4-11,13,18H,12H2,1-3H3,(H,24,29)/t13-,18+/m1/s1. The molecule has 1 aromatic heterocycles. The number of aromatic nitrogens is 2. The van der Waals surface area contributed by atoms with Gasteiger partial charge in [-0.1, -0.05) is 36.0 Å². The molecule has 2 aliphatic rings. The van der Waals surface area contributed by atoms with Gasteiger partial charge in [-0.05, 0) is 45.0 Å². The van der Waals surface area contributed by atoms with Gasteiger partial charge >= 0.3 is 0 Å². The van der Waals surface area contributed by atoms with Crippen molar-refractivity contribution >= 4 is 35.0 Å². The van der Waals surface area contributed by atoms with Crippen LogP contribution in [0.1, 0.15) is 32.8 Å². The van der Waals surface area contributed by atoms with E-state index < -0.39 is 16.9 Å². The highest BCUT2D eigenvalue weighted by Gasteiger charge is 2.45. The van der Waals surface area contributed by atoms with Crippen molar-refractivity contribution in [2.24, 2.45) is 0 Å². The fourth-order valence-electron chi connectivity index (χ4n) is 3.77. The molecule has 0 radical (unpaired) electrons. The molecule has 0 unspecified atom stereocenters. The fourth-order valence-corrected chi connectivity index (χ4v) is 4.50. The molecule has 33 heavy (non-hydrogen) atoms. The van der Waals surface area contributed by atoms with Gasteiger partial charge in [0.15, 0.2) is 11.5 Å². The first kappa shape index (κ1) is 21.3. The lowest BCUT2D eigenvalue weighted by molar-refractivity contribution is -0.126. The molecule has 5 rings (SSSR count). The maximum absolute atomic E-state index is 13.5. The minimum Gasteiger partial charge on any atom is -0.485 e. The number of carbonyl (C=O) groups is 2. The van der Waals surface area contributed by atoms with Crippen molar-refractivity contribution in [2.75, 3.05) is 16.8 Å². The lowest BCUT2D eigenvalue weighted by atomic mass is 9.96. The number of nitrogens with one attached hydrogen (secondary N) is 1. The van der Waals surface area contributed by atoms with E-state index in [0.29, 0.717) is 22.9 Å². The van der Waals surface area contributed by atoms with Crippen molar-refractivity contribution in [1.82, 2.24) is 10.2 Å². The Morgan fingerprint density at radius 1 is 1.15 bits per heavy atom. The van der Waals surface area contributed by atoms with Gasteiger partial charge in [0.1, 0.15) is 12.1 Å². The van der Waals surface area contributed by atoms with E-state index in [2.05, 4.69) is 15.5 Å². The Hall–Kier alpha value is -3.53. The molecule has 9 nitrogen and oxygen atoms in total.